The van der Waals surface area contributed by atoms with Gasteiger partial charge in [0.25, 0.3) is 0 Å². The quantitative estimate of drug-likeness (QED) is 0.668. The predicted octanol–water partition coefficient (Wildman–Crippen LogP) is 3.88. The van der Waals surface area contributed by atoms with Crippen molar-refractivity contribution in [3.05, 3.63) is 41.6 Å². The molecule has 1 heterocycles. The van der Waals surface area contributed by atoms with E-state index in [2.05, 4.69) is 33.4 Å². The molecule has 110 valence electrons. The number of anilines is 1. The van der Waals surface area contributed by atoms with E-state index in [4.69, 9.17) is 15.8 Å². The second-order valence-corrected chi connectivity index (χ2v) is 4.68. The third kappa shape index (κ3) is 3.88. The lowest BCUT2D eigenvalue weighted by molar-refractivity contribution is 0.916. The van der Waals surface area contributed by atoms with Gasteiger partial charge in [-0.05, 0) is 41.8 Å². The Kier molecular flexibility index (Phi) is 6.70. The number of hydrogen-bond donors (Lipinski definition) is 1. The topological polar surface area (TPSA) is 88.3 Å². The third-order valence-corrected chi connectivity index (χ3v) is 3.21. The summed E-state index contributed by atoms with van der Waals surface area (Å²) in [6.45, 7) is 2.05. The molecule has 2 rings (SSSR count). The molecule has 0 amide bonds. The average molecular weight is 356 g/mol. The fraction of sp³-hybridized carbons (Fsp3) is 0.188. The smallest absolute Gasteiger partial charge is 0.181 e. The maximum absolute atomic E-state index is 8.98. The largest absolute Gasteiger partial charge is 0.335 e. The SMILES string of the molecule is CCc1cc(-c2ccc(C#N)n2C)ccc1NC#N.N#CBr. The van der Waals surface area contributed by atoms with E-state index in [1.54, 1.807) is 4.98 Å². The first kappa shape index (κ1) is 17.3. The molecule has 0 unspecified atom stereocenters. The minimum Gasteiger partial charge on any atom is -0.335 e. The first-order chi connectivity index (χ1) is 10.6. The zero-order valence-corrected chi connectivity index (χ0v) is 13.8. The molecule has 0 fully saturated rings. The second kappa shape index (κ2) is 8.52. The van der Waals surface area contributed by atoms with Gasteiger partial charge in [-0.25, -0.2) is 0 Å². The van der Waals surface area contributed by atoms with Gasteiger partial charge in [0.2, 0.25) is 0 Å². The van der Waals surface area contributed by atoms with Gasteiger partial charge in [-0.1, -0.05) is 13.0 Å². The van der Waals surface area contributed by atoms with Gasteiger partial charge in [0.1, 0.15) is 16.7 Å². The first-order valence-corrected chi connectivity index (χ1v) is 7.26. The van der Waals surface area contributed by atoms with E-state index in [9.17, 15) is 0 Å². The van der Waals surface area contributed by atoms with Crippen LogP contribution in [-0.2, 0) is 13.5 Å². The van der Waals surface area contributed by atoms with Crippen molar-refractivity contribution in [3.63, 3.8) is 0 Å². The Hall–Kier alpha value is -2.75. The van der Waals surface area contributed by atoms with Crippen molar-refractivity contribution in [1.29, 1.82) is 15.8 Å². The number of hydrogen-bond acceptors (Lipinski definition) is 4. The molecule has 22 heavy (non-hydrogen) atoms. The van der Waals surface area contributed by atoms with Crippen LogP contribution in [0.1, 0.15) is 18.2 Å². The molecule has 6 heteroatoms. The van der Waals surface area contributed by atoms with Crippen LogP contribution >= 0.6 is 15.9 Å². The van der Waals surface area contributed by atoms with Gasteiger partial charge in [-0.3, -0.25) is 5.32 Å². The molecule has 0 aliphatic heterocycles. The molecule has 1 aromatic heterocycles. The lowest BCUT2D eigenvalue weighted by Gasteiger charge is -2.10. The Morgan fingerprint density at radius 2 is 1.86 bits per heavy atom. The van der Waals surface area contributed by atoms with Crippen molar-refractivity contribution in [2.75, 3.05) is 5.32 Å². The number of nitrogens with one attached hydrogen (secondary N) is 1. The average Bonchev–Trinajstić information content (AvgIpc) is 2.89. The molecule has 0 aliphatic rings. The van der Waals surface area contributed by atoms with Crippen molar-refractivity contribution in [2.24, 2.45) is 7.05 Å². The molecule has 0 saturated heterocycles. The highest BCUT2D eigenvalue weighted by atomic mass is 79.9. The summed E-state index contributed by atoms with van der Waals surface area (Å²) in [5.41, 5.74) is 4.59. The molecule has 0 atom stereocenters. The zero-order chi connectivity index (χ0) is 16.5. The van der Waals surface area contributed by atoms with Crippen molar-refractivity contribution in [2.45, 2.75) is 13.3 Å². The number of aromatic nitrogens is 1. The van der Waals surface area contributed by atoms with E-state index in [1.807, 2.05) is 49.0 Å². The second-order valence-electron chi connectivity index (χ2n) is 4.32. The lowest BCUT2D eigenvalue weighted by Crippen LogP contribution is -1.97. The van der Waals surface area contributed by atoms with E-state index in [-0.39, 0.29) is 0 Å². The van der Waals surface area contributed by atoms with Crippen LogP contribution in [0.3, 0.4) is 0 Å². The highest BCUT2D eigenvalue weighted by Crippen LogP contribution is 2.26. The van der Waals surface area contributed by atoms with Gasteiger partial charge in [-0.2, -0.15) is 15.8 Å². The van der Waals surface area contributed by atoms with E-state index in [0.717, 1.165) is 28.9 Å². The highest BCUT2D eigenvalue weighted by Gasteiger charge is 2.08. The van der Waals surface area contributed by atoms with Crippen molar-refractivity contribution in [3.8, 4) is 28.5 Å². The summed E-state index contributed by atoms with van der Waals surface area (Å²) in [4.78, 5) is 1.56. The minimum atomic E-state index is 0.632. The number of nitriles is 3. The summed E-state index contributed by atoms with van der Waals surface area (Å²) in [7, 11) is 1.88. The van der Waals surface area contributed by atoms with Crippen LogP contribution in [0.25, 0.3) is 11.3 Å². The Morgan fingerprint density at radius 3 is 2.36 bits per heavy atom. The molecule has 0 radical (unpaired) electrons. The summed E-state index contributed by atoms with van der Waals surface area (Å²) < 4.78 is 1.87. The third-order valence-electron chi connectivity index (χ3n) is 3.21. The molecule has 1 aromatic carbocycles. The summed E-state index contributed by atoms with van der Waals surface area (Å²) in [5, 5.41) is 27.6. The standard InChI is InChI=1S/C15H14N4.CBrN/c1-3-11-8-12(4-6-14(11)18-10-17)15-7-5-13(9-16)19(15)2;2-1-3/h4-8,18H,3H2,1-2H3;. The molecule has 2 aromatic rings. The summed E-state index contributed by atoms with van der Waals surface area (Å²) in [5.74, 6) is 0. The monoisotopic (exact) mass is 355 g/mol. The Bertz CT molecular complexity index is 771. The summed E-state index contributed by atoms with van der Waals surface area (Å²) in [6, 6.07) is 11.8. The van der Waals surface area contributed by atoms with E-state index in [0.29, 0.717) is 5.69 Å². The lowest BCUT2D eigenvalue weighted by atomic mass is 10.0. The Morgan fingerprint density at radius 1 is 1.18 bits per heavy atom. The Labute approximate surface area is 138 Å². The van der Waals surface area contributed by atoms with E-state index < -0.39 is 0 Å². The van der Waals surface area contributed by atoms with Crippen molar-refractivity contribution in [1.82, 2.24) is 4.57 Å². The molecule has 0 aliphatic carbocycles. The maximum Gasteiger partial charge on any atom is 0.181 e. The van der Waals surface area contributed by atoms with Gasteiger partial charge >= 0.3 is 0 Å². The van der Waals surface area contributed by atoms with Crippen LogP contribution in [0, 0.1) is 33.0 Å². The van der Waals surface area contributed by atoms with Crippen LogP contribution in [0.4, 0.5) is 5.69 Å². The van der Waals surface area contributed by atoms with Crippen LogP contribution in [-0.4, -0.2) is 4.57 Å². The number of rotatable bonds is 3. The van der Waals surface area contributed by atoms with Gasteiger partial charge in [0.05, 0.1) is 5.69 Å². The summed E-state index contributed by atoms with van der Waals surface area (Å²) >= 11 is 2.45. The van der Waals surface area contributed by atoms with Crippen LogP contribution in [0.2, 0.25) is 0 Å². The van der Waals surface area contributed by atoms with Gasteiger partial charge in [0, 0.05) is 28.7 Å². The molecule has 1 N–H and O–H groups in total. The zero-order valence-electron chi connectivity index (χ0n) is 12.3. The van der Waals surface area contributed by atoms with Crippen molar-refractivity contribution < 1.29 is 0 Å². The summed E-state index contributed by atoms with van der Waals surface area (Å²) in [6.07, 6.45) is 2.78. The number of aryl methyl sites for hydroxylation is 1. The van der Waals surface area contributed by atoms with Gasteiger partial charge < -0.3 is 4.57 Å². The van der Waals surface area contributed by atoms with Crippen molar-refractivity contribution >= 4 is 21.6 Å². The molecule has 0 bridgehead atoms. The van der Waals surface area contributed by atoms with E-state index >= 15 is 0 Å². The number of benzene rings is 1. The Balaban J connectivity index is 0.000000745. The predicted molar refractivity (Wildman–Crippen MR) is 88.7 cm³/mol. The molecular formula is C16H14BrN5. The first-order valence-electron chi connectivity index (χ1n) is 6.46. The molecular weight excluding hydrogens is 342 g/mol. The van der Waals surface area contributed by atoms with Crippen LogP contribution < -0.4 is 5.32 Å². The number of halogens is 1. The van der Waals surface area contributed by atoms with Crippen LogP contribution in [0.15, 0.2) is 30.3 Å². The van der Waals surface area contributed by atoms with Gasteiger partial charge in [-0.15, -0.1) is 0 Å². The molecule has 0 saturated carbocycles. The normalized spacial score (nSPS) is 8.73. The van der Waals surface area contributed by atoms with Crippen LogP contribution in [0.5, 0.6) is 0 Å². The minimum absolute atomic E-state index is 0.632. The van der Waals surface area contributed by atoms with E-state index in [1.165, 1.54) is 0 Å². The fourth-order valence-electron chi connectivity index (χ4n) is 2.14. The molecule has 0 spiro atoms. The molecule has 5 nitrogen and oxygen atoms in total. The number of nitrogens with zero attached hydrogens (tertiary/aromatic N) is 4. The van der Waals surface area contributed by atoms with Gasteiger partial charge in [0.15, 0.2) is 6.19 Å². The maximum atomic E-state index is 8.98. The fourth-order valence-corrected chi connectivity index (χ4v) is 2.14. The highest BCUT2D eigenvalue weighted by molar-refractivity contribution is 9.12.